The van der Waals surface area contributed by atoms with Gasteiger partial charge in [0.2, 0.25) is 0 Å². The third-order valence-corrected chi connectivity index (χ3v) is 15.1. The van der Waals surface area contributed by atoms with Crippen molar-refractivity contribution < 1.29 is 38.9 Å². The topological polar surface area (TPSA) is 183 Å². The molecular weight excluding hydrogens is 894 g/mol. The normalized spacial score (nSPS) is 19.0. The van der Waals surface area contributed by atoms with E-state index in [2.05, 4.69) is 20.6 Å². The molecule has 0 saturated carbocycles. The zero-order valence-corrected chi connectivity index (χ0v) is 36.8. The van der Waals surface area contributed by atoms with Crippen LogP contribution in [0.4, 0.5) is 0 Å². The maximum atomic E-state index is 13.0. The van der Waals surface area contributed by atoms with E-state index in [9.17, 15) is 29.4 Å². The van der Waals surface area contributed by atoms with Crippen molar-refractivity contribution in [3.63, 3.8) is 0 Å². The predicted molar refractivity (Wildman–Crippen MR) is 236 cm³/mol. The minimum atomic E-state index is -0.894. The molecule has 2 aromatic carbocycles. The molecule has 0 bridgehead atoms. The van der Waals surface area contributed by atoms with Gasteiger partial charge in [0.15, 0.2) is 0 Å². The first-order valence-corrected chi connectivity index (χ1v) is 22.1. The zero-order valence-electron chi connectivity index (χ0n) is 32.2. The Balaban J connectivity index is 0.000000181. The highest BCUT2D eigenvalue weighted by Gasteiger charge is 2.43. The Labute approximate surface area is 372 Å². The molecule has 0 saturated heterocycles. The summed E-state index contributed by atoms with van der Waals surface area (Å²) in [6, 6.07) is 18.3. The molecule has 0 fully saturated rings. The zero-order chi connectivity index (χ0) is 42.8. The number of carbonyl (C=O) groups is 4. The molecule has 2 aliphatic carbocycles. The Morgan fingerprint density at radius 3 is 1.42 bits per heavy atom. The molecule has 60 heavy (non-hydrogen) atoms. The first kappa shape index (κ1) is 44.0. The summed E-state index contributed by atoms with van der Waals surface area (Å²) in [7, 11) is 3.10. The Morgan fingerprint density at radius 1 is 0.683 bits per heavy atom. The van der Waals surface area contributed by atoms with E-state index in [0.29, 0.717) is 80.0 Å². The van der Waals surface area contributed by atoms with Crippen LogP contribution in [0.25, 0.3) is 20.4 Å². The number of carboxylic acids is 2. The summed E-state index contributed by atoms with van der Waals surface area (Å²) in [4.78, 5) is 56.1. The lowest BCUT2D eigenvalue weighted by molar-refractivity contribution is -0.144. The van der Waals surface area contributed by atoms with E-state index in [4.69, 9.17) is 55.9 Å². The SMILES string of the molecule is COCCC(C(=O)O)[C@@H]1c2ccccc2C[C@H]1NC(=O)c1cc2sc(Cl)c(Cl)c2[nH]1.COCCC(C(=O)O)[C@@H]1c2ccccc2C[C@H]1NC(=O)c1cc2sc(Cl)c(Cl)c2[nH]1. The molecule has 6 N–H and O–H groups in total. The number of halogens is 4. The van der Waals surface area contributed by atoms with Crippen LogP contribution in [0.1, 0.15) is 67.9 Å². The molecule has 2 aliphatic rings. The quantitative estimate of drug-likeness (QED) is 0.0625. The van der Waals surface area contributed by atoms with Crippen LogP contribution in [0.3, 0.4) is 0 Å². The number of H-pyrrole nitrogens is 2. The third kappa shape index (κ3) is 8.93. The molecule has 8 rings (SSSR count). The lowest BCUT2D eigenvalue weighted by Gasteiger charge is -2.27. The van der Waals surface area contributed by atoms with Gasteiger partial charge >= 0.3 is 11.9 Å². The monoisotopic (exact) mass is 932 g/mol. The number of hydrogen-bond donors (Lipinski definition) is 6. The molecule has 0 radical (unpaired) electrons. The van der Waals surface area contributed by atoms with Gasteiger partial charge in [-0.25, -0.2) is 0 Å². The number of rotatable bonds is 14. The molecular formula is C42H40Cl4N4O8S2. The van der Waals surface area contributed by atoms with Crippen LogP contribution in [0.5, 0.6) is 0 Å². The molecule has 4 aromatic heterocycles. The lowest BCUT2D eigenvalue weighted by Crippen LogP contribution is -2.42. The molecule has 316 valence electrons. The average molecular weight is 935 g/mol. The summed E-state index contributed by atoms with van der Waals surface area (Å²) in [6.45, 7) is 0.672. The molecule has 18 heteroatoms. The summed E-state index contributed by atoms with van der Waals surface area (Å²) in [5, 5.41) is 26.6. The van der Waals surface area contributed by atoms with Crippen molar-refractivity contribution in [1.29, 1.82) is 0 Å². The molecule has 2 amide bonds. The molecule has 4 heterocycles. The summed E-state index contributed by atoms with van der Waals surface area (Å²) in [5.41, 5.74) is 6.04. The number of carbonyl (C=O) groups excluding carboxylic acids is 2. The van der Waals surface area contributed by atoms with Crippen LogP contribution in [0.15, 0.2) is 60.7 Å². The van der Waals surface area contributed by atoms with E-state index in [1.165, 1.54) is 22.7 Å². The van der Waals surface area contributed by atoms with E-state index >= 15 is 0 Å². The van der Waals surface area contributed by atoms with Gasteiger partial charge < -0.3 is 40.3 Å². The van der Waals surface area contributed by atoms with Crippen LogP contribution < -0.4 is 10.6 Å². The second kappa shape index (κ2) is 18.9. The Morgan fingerprint density at radius 2 is 1.07 bits per heavy atom. The second-order valence-corrected chi connectivity index (χ2v) is 18.8. The summed E-state index contributed by atoms with van der Waals surface area (Å²) in [6.07, 6.45) is 1.88. The van der Waals surface area contributed by atoms with E-state index in [1.807, 2.05) is 48.5 Å². The lowest BCUT2D eigenvalue weighted by atomic mass is 9.82. The number of hydrogen-bond acceptors (Lipinski definition) is 8. The number of aromatic amines is 2. The van der Waals surface area contributed by atoms with Crippen molar-refractivity contribution in [2.75, 3.05) is 27.4 Å². The number of aliphatic carboxylic acids is 2. The van der Waals surface area contributed by atoms with E-state index < -0.39 is 23.8 Å². The van der Waals surface area contributed by atoms with Gasteiger partial charge in [0, 0.05) is 51.4 Å². The van der Waals surface area contributed by atoms with Gasteiger partial charge in [-0.2, -0.15) is 0 Å². The minimum Gasteiger partial charge on any atom is -0.481 e. The van der Waals surface area contributed by atoms with Crippen molar-refractivity contribution in [1.82, 2.24) is 20.6 Å². The van der Waals surface area contributed by atoms with Gasteiger partial charge in [0.1, 0.15) is 20.1 Å². The summed E-state index contributed by atoms with van der Waals surface area (Å²) >= 11 is 27.0. The fourth-order valence-electron chi connectivity index (χ4n) is 8.51. The Kier molecular flexibility index (Phi) is 13.8. The number of nitrogens with one attached hydrogen (secondary N) is 4. The Hall–Kier alpha value is -4.12. The molecule has 6 atom stereocenters. The van der Waals surface area contributed by atoms with Gasteiger partial charge in [0.25, 0.3) is 11.8 Å². The van der Waals surface area contributed by atoms with Gasteiger partial charge in [-0.05, 0) is 60.1 Å². The number of amides is 2. The average Bonchev–Trinajstić information content (AvgIpc) is 4.07. The minimum absolute atomic E-state index is 0.302. The first-order valence-electron chi connectivity index (χ1n) is 18.9. The number of fused-ring (bicyclic) bond motifs is 4. The molecule has 0 aliphatic heterocycles. The third-order valence-electron chi connectivity index (χ3n) is 11.2. The van der Waals surface area contributed by atoms with Crippen molar-refractivity contribution in [2.45, 2.75) is 49.6 Å². The van der Waals surface area contributed by atoms with Gasteiger partial charge in [0.05, 0.1) is 42.3 Å². The number of thiophene rings is 2. The van der Waals surface area contributed by atoms with Crippen molar-refractivity contribution in [3.05, 3.63) is 113 Å². The smallest absolute Gasteiger partial charge is 0.307 e. The first-order chi connectivity index (χ1) is 28.8. The van der Waals surface area contributed by atoms with Crippen LogP contribution in [0, 0.1) is 11.8 Å². The summed E-state index contributed by atoms with van der Waals surface area (Å²) in [5.74, 6) is -4.41. The van der Waals surface area contributed by atoms with Gasteiger partial charge in [-0.15, -0.1) is 22.7 Å². The summed E-state index contributed by atoms with van der Waals surface area (Å²) < 4.78 is 12.8. The van der Waals surface area contributed by atoms with Crippen LogP contribution >= 0.6 is 69.1 Å². The van der Waals surface area contributed by atoms with Crippen LogP contribution in [-0.2, 0) is 31.9 Å². The number of carboxylic acid groups (broad SMARTS) is 2. The van der Waals surface area contributed by atoms with Gasteiger partial charge in [-0.3, -0.25) is 19.2 Å². The number of methoxy groups -OCH3 is 2. The fraction of sp³-hybridized carbons (Fsp3) is 0.333. The molecule has 2 unspecified atom stereocenters. The second-order valence-electron chi connectivity index (χ2n) is 14.7. The maximum absolute atomic E-state index is 13.0. The molecule has 0 spiro atoms. The number of ether oxygens (including phenoxy) is 2. The van der Waals surface area contributed by atoms with E-state index in [1.54, 1.807) is 26.4 Å². The predicted octanol–water partition coefficient (Wildman–Crippen LogP) is 9.42. The molecule has 6 aromatic rings. The fourth-order valence-corrected chi connectivity index (χ4v) is 11.5. The van der Waals surface area contributed by atoms with E-state index in [0.717, 1.165) is 31.7 Å². The Bertz CT molecular complexity index is 2390. The van der Waals surface area contributed by atoms with Crippen molar-refractivity contribution in [3.8, 4) is 0 Å². The van der Waals surface area contributed by atoms with E-state index in [-0.39, 0.29) is 35.7 Å². The van der Waals surface area contributed by atoms with Crippen molar-refractivity contribution >= 4 is 113 Å². The van der Waals surface area contributed by atoms with Crippen molar-refractivity contribution in [2.24, 2.45) is 11.8 Å². The number of benzene rings is 2. The van der Waals surface area contributed by atoms with Gasteiger partial charge in [-0.1, -0.05) is 94.9 Å². The largest absolute Gasteiger partial charge is 0.481 e. The molecule has 12 nitrogen and oxygen atoms in total. The van der Waals surface area contributed by atoms with Crippen LogP contribution in [0.2, 0.25) is 18.7 Å². The standard InChI is InChI=1S/2C21H20Cl2N2O4S/c2*1-29-7-6-12(21(27)28)16-11-5-3-2-4-10(11)8-13(16)25-20(26)14-9-15-18(24-14)17(22)19(23)30-15/h2*2-5,9,12-13,16,24H,6-8H2,1H3,(H,25,26)(H,27,28)/t2*12?,13-,16+/m11/s1. The maximum Gasteiger partial charge on any atom is 0.307 e. The highest BCUT2D eigenvalue weighted by molar-refractivity contribution is 7.24. The number of aromatic nitrogens is 2. The highest BCUT2D eigenvalue weighted by atomic mass is 35.5. The van der Waals surface area contributed by atoms with Crippen LogP contribution in [-0.4, -0.2) is 83.5 Å². The highest BCUT2D eigenvalue weighted by Crippen LogP contribution is 2.43.